The van der Waals surface area contributed by atoms with Crippen molar-refractivity contribution in [2.45, 2.75) is 25.9 Å². The Labute approximate surface area is 229 Å². The SMILES string of the molecule is CC1=NC=CC(c2c(C)sc3ccc(-c4ccc5sc(-c6ccccc6)c(C6C=CN=CN6)c5c4)cc23)N1. The second-order valence-electron chi connectivity index (χ2n) is 9.65. The molecule has 2 atom stereocenters. The van der Waals surface area contributed by atoms with Crippen molar-refractivity contribution in [3.63, 3.8) is 0 Å². The van der Waals surface area contributed by atoms with E-state index in [-0.39, 0.29) is 12.1 Å². The van der Waals surface area contributed by atoms with Gasteiger partial charge in [-0.2, -0.15) is 0 Å². The van der Waals surface area contributed by atoms with Crippen LogP contribution in [0.2, 0.25) is 0 Å². The van der Waals surface area contributed by atoms with Gasteiger partial charge in [-0.25, -0.2) is 9.98 Å². The van der Waals surface area contributed by atoms with E-state index in [0.717, 1.165) is 5.84 Å². The number of hydrogen-bond donors (Lipinski definition) is 2. The summed E-state index contributed by atoms with van der Waals surface area (Å²) in [7, 11) is 0. The molecular formula is C32H26N4S2. The predicted molar refractivity (Wildman–Crippen MR) is 164 cm³/mol. The molecule has 2 aliphatic rings. The van der Waals surface area contributed by atoms with Crippen LogP contribution in [0.15, 0.2) is 101 Å². The molecule has 0 bridgehead atoms. The Kier molecular flexibility index (Phi) is 5.72. The molecule has 0 spiro atoms. The Balaban J connectivity index is 1.38. The molecule has 0 aliphatic carbocycles. The number of rotatable bonds is 4. The summed E-state index contributed by atoms with van der Waals surface area (Å²) >= 11 is 3.72. The molecule has 2 aliphatic heterocycles. The van der Waals surface area contributed by atoms with Crippen LogP contribution in [-0.2, 0) is 0 Å². The van der Waals surface area contributed by atoms with Crippen molar-refractivity contribution < 1.29 is 0 Å². The number of thiophene rings is 2. The summed E-state index contributed by atoms with van der Waals surface area (Å²) < 4.78 is 2.61. The number of aryl methyl sites for hydroxylation is 1. The predicted octanol–water partition coefficient (Wildman–Crippen LogP) is 8.52. The molecule has 4 nitrogen and oxygen atoms in total. The van der Waals surface area contributed by atoms with Gasteiger partial charge < -0.3 is 10.6 Å². The maximum atomic E-state index is 4.38. The van der Waals surface area contributed by atoms with Crippen molar-refractivity contribution in [1.29, 1.82) is 0 Å². The maximum Gasteiger partial charge on any atom is 0.0990 e. The molecule has 5 aromatic rings. The van der Waals surface area contributed by atoms with Crippen LogP contribution < -0.4 is 10.6 Å². The summed E-state index contributed by atoms with van der Waals surface area (Å²) in [5.41, 5.74) is 6.35. The third kappa shape index (κ3) is 3.97. The minimum Gasteiger partial charge on any atom is -0.366 e. The third-order valence-corrected chi connectivity index (χ3v) is 9.57. The number of nitrogens with one attached hydrogen (secondary N) is 2. The quantitative estimate of drug-likeness (QED) is 0.245. The van der Waals surface area contributed by atoms with Crippen molar-refractivity contribution in [2.75, 3.05) is 0 Å². The number of aliphatic imine (C=N–C) groups is 2. The van der Waals surface area contributed by atoms with Crippen LogP contribution in [0.25, 0.3) is 41.7 Å². The molecule has 38 heavy (non-hydrogen) atoms. The molecule has 2 unspecified atom stereocenters. The Morgan fingerprint density at radius 3 is 2.13 bits per heavy atom. The molecule has 2 aromatic heterocycles. The van der Waals surface area contributed by atoms with E-state index in [9.17, 15) is 0 Å². The number of nitrogens with zero attached hydrogens (tertiary/aromatic N) is 2. The minimum atomic E-state index is 0.0781. The first kappa shape index (κ1) is 23.1. The van der Waals surface area contributed by atoms with Crippen LogP contribution >= 0.6 is 22.7 Å². The first-order chi connectivity index (χ1) is 18.7. The number of benzene rings is 3. The Bertz CT molecular complexity index is 1800. The van der Waals surface area contributed by atoms with Crippen molar-refractivity contribution >= 4 is 55.0 Å². The summed E-state index contributed by atoms with van der Waals surface area (Å²) in [4.78, 5) is 11.3. The van der Waals surface area contributed by atoms with Gasteiger partial charge in [-0.3, -0.25) is 0 Å². The van der Waals surface area contributed by atoms with Crippen LogP contribution in [0.1, 0.15) is 35.0 Å². The Hall–Kier alpha value is -4.00. The second-order valence-corrected chi connectivity index (χ2v) is 12.0. The first-order valence-corrected chi connectivity index (χ1v) is 14.4. The van der Waals surface area contributed by atoms with Crippen molar-refractivity contribution in [3.05, 3.63) is 107 Å². The topological polar surface area (TPSA) is 48.8 Å². The fourth-order valence-corrected chi connectivity index (χ4v) is 7.80. The summed E-state index contributed by atoms with van der Waals surface area (Å²) in [6.45, 7) is 4.24. The smallest absolute Gasteiger partial charge is 0.0990 e. The maximum absolute atomic E-state index is 4.38. The van der Waals surface area contributed by atoms with Crippen LogP contribution in [-0.4, -0.2) is 12.2 Å². The highest BCUT2D eigenvalue weighted by atomic mass is 32.1. The van der Waals surface area contributed by atoms with Crippen molar-refractivity contribution in [3.8, 4) is 21.6 Å². The van der Waals surface area contributed by atoms with Gasteiger partial charge in [0, 0.05) is 37.1 Å². The standard InChI is InChI=1S/C32H26N4S2/c1-19-30(27-13-15-34-20(2)36-27)24-16-22(8-10-28(24)37-19)23-9-11-29-25(17-23)31(26-12-14-33-18-35-26)32(38-29)21-6-4-3-5-7-21/h3-18,26-27H,1-2H3,(H,33,35)(H,34,36). The van der Waals surface area contributed by atoms with Crippen LogP contribution in [0.4, 0.5) is 0 Å². The molecule has 7 rings (SSSR count). The molecule has 2 N–H and O–H groups in total. The van der Waals surface area contributed by atoms with E-state index in [1.807, 2.05) is 42.0 Å². The number of amidine groups is 1. The molecule has 0 saturated carbocycles. The lowest BCUT2D eigenvalue weighted by molar-refractivity contribution is 0.777. The summed E-state index contributed by atoms with van der Waals surface area (Å²) in [5.74, 6) is 0.951. The molecule has 4 heterocycles. The van der Waals surface area contributed by atoms with Crippen molar-refractivity contribution in [1.82, 2.24) is 10.6 Å². The average molecular weight is 531 g/mol. The van der Waals surface area contributed by atoms with E-state index in [0.29, 0.717) is 0 Å². The highest BCUT2D eigenvalue weighted by Crippen LogP contribution is 2.44. The lowest BCUT2D eigenvalue weighted by atomic mass is 9.95. The molecule has 0 radical (unpaired) electrons. The van der Waals surface area contributed by atoms with Crippen LogP contribution in [0.3, 0.4) is 0 Å². The third-order valence-electron chi connectivity index (χ3n) is 7.23. The fraction of sp³-hybridized carbons (Fsp3) is 0.125. The van der Waals surface area contributed by atoms with E-state index in [2.05, 4.69) is 106 Å². The van der Waals surface area contributed by atoms with E-state index in [1.165, 1.54) is 57.7 Å². The van der Waals surface area contributed by atoms with E-state index in [1.54, 1.807) is 6.34 Å². The Morgan fingerprint density at radius 2 is 1.42 bits per heavy atom. The van der Waals surface area contributed by atoms with Gasteiger partial charge in [0.15, 0.2) is 0 Å². The first-order valence-electron chi connectivity index (χ1n) is 12.7. The summed E-state index contributed by atoms with van der Waals surface area (Å²) in [6, 6.07) is 24.7. The lowest BCUT2D eigenvalue weighted by Gasteiger charge is -2.19. The van der Waals surface area contributed by atoms with Gasteiger partial charge in [0.1, 0.15) is 0 Å². The van der Waals surface area contributed by atoms with Crippen LogP contribution in [0.5, 0.6) is 0 Å². The minimum absolute atomic E-state index is 0.0781. The van der Waals surface area contributed by atoms with E-state index < -0.39 is 0 Å². The fourth-order valence-electron chi connectivity index (χ4n) is 5.47. The number of fused-ring (bicyclic) bond motifs is 2. The summed E-state index contributed by atoms with van der Waals surface area (Å²) in [6.07, 6.45) is 9.89. The highest BCUT2D eigenvalue weighted by Gasteiger charge is 2.22. The van der Waals surface area contributed by atoms with E-state index >= 15 is 0 Å². The molecular weight excluding hydrogens is 505 g/mol. The van der Waals surface area contributed by atoms with Gasteiger partial charge in [-0.15, -0.1) is 22.7 Å². The van der Waals surface area contributed by atoms with Gasteiger partial charge in [0.2, 0.25) is 0 Å². The molecule has 6 heteroatoms. The molecule has 0 amide bonds. The molecule has 0 fully saturated rings. The van der Waals surface area contributed by atoms with Gasteiger partial charge in [-0.05, 0) is 83.3 Å². The second kappa shape index (κ2) is 9.39. The largest absolute Gasteiger partial charge is 0.366 e. The van der Waals surface area contributed by atoms with Gasteiger partial charge in [0.25, 0.3) is 0 Å². The average Bonchev–Trinajstić information content (AvgIpc) is 3.50. The van der Waals surface area contributed by atoms with Gasteiger partial charge in [-0.1, -0.05) is 42.5 Å². The van der Waals surface area contributed by atoms with Gasteiger partial charge in [0.05, 0.1) is 24.3 Å². The lowest BCUT2D eigenvalue weighted by Crippen LogP contribution is -2.27. The Morgan fingerprint density at radius 1 is 0.711 bits per heavy atom. The number of hydrogen-bond acceptors (Lipinski definition) is 6. The monoisotopic (exact) mass is 530 g/mol. The zero-order valence-electron chi connectivity index (χ0n) is 21.1. The molecule has 186 valence electrons. The highest BCUT2D eigenvalue weighted by molar-refractivity contribution is 7.22. The normalized spacial score (nSPS) is 18.5. The molecule has 3 aromatic carbocycles. The van der Waals surface area contributed by atoms with Crippen molar-refractivity contribution in [2.24, 2.45) is 9.98 Å². The summed E-state index contributed by atoms with van der Waals surface area (Å²) in [5, 5.41) is 9.61. The van der Waals surface area contributed by atoms with E-state index in [4.69, 9.17) is 0 Å². The zero-order valence-corrected chi connectivity index (χ0v) is 22.7. The van der Waals surface area contributed by atoms with Crippen LogP contribution in [0, 0.1) is 6.92 Å². The van der Waals surface area contributed by atoms with Gasteiger partial charge >= 0.3 is 0 Å². The molecule has 0 saturated heterocycles. The zero-order chi connectivity index (χ0) is 25.6.